The van der Waals surface area contributed by atoms with Crippen molar-refractivity contribution in [2.75, 3.05) is 12.3 Å². The molecule has 1 aliphatic rings. The number of hydrogen-bond acceptors (Lipinski definition) is 3. The van der Waals surface area contributed by atoms with Crippen LogP contribution in [0.2, 0.25) is 0 Å². The van der Waals surface area contributed by atoms with Gasteiger partial charge in [0.05, 0.1) is 0 Å². The molecule has 0 saturated carbocycles. The van der Waals surface area contributed by atoms with Gasteiger partial charge < -0.3 is 15.8 Å². The minimum Gasteiger partial charge on any atom is -0.399 e. The van der Waals surface area contributed by atoms with E-state index in [4.69, 9.17) is 10.5 Å². The van der Waals surface area contributed by atoms with Crippen LogP contribution in [0.4, 0.5) is 5.69 Å². The molecule has 0 spiro atoms. The van der Waals surface area contributed by atoms with Crippen molar-refractivity contribution in [2.45, 2.75) is 25.5 Å². The van der Waals surface area contributed by atoms with Crippen molar-refractivity contribution < 1.29 is 9.53 Å². The molecule has 86 valence electrons. The summed E-state index contributed by atoms with van der Waals surface area (Å²) in [5, 5.41) is 2.86. The lowest BCUT2D eigenvalue weighted by atomic mass is 10.2. The second kappa shape index (κ2) is 4.99. The summed E-state index contributed by atoms with van der Waals surface area (Å²) in [6.45, 7) is 1.22. The Hall–Kier alpha value is -1.55. The average Bonchev–Trinajstić information content (AvgIpc) is 2.81. The van der Waals surface area contributed by atoms with Crippen LogP contribution in [0.15, 0.2) is 24.3 Å². The third kappa shape index (κ3) is 2.73. The summed E-state index contributed by atoms with van der Waals surface area (Å²) >= 11 is 0. The van der Waals surface area contributed by atoms with Crippen LogP contribution < -0.4 is 11.1 Å². The third-order valence-corrected chi connectivity index (χ3v) is 2.67. The summed E-state index contributed by atoms with van der Waals surface area (Å²) in [4.78, 5) is 11.6. The van der Waals surface area contributed by atoms with E-state index in [0.717, 1.165) is 24.1 Å². The summed E-state index contributed by atoms with van der Waals surface area (Å²) in [7, 11) is 0. The highest BCUT2D eigenvalue weighted by atomic mass is 16.5. The summed E-state index contributed by atoms with van der Waals surface area (Å²) in [5.74, 6) is -0.0191. The van der Waals surface area contributed by atoms with Gasteiger partial charge in [0.1, 0.15) is 6.10 Å². The Morgan fingerprint density at radius 1 is 1.44 bits per heavy atom. The molecule has 1 aromatic carbocycles. The normalized spacial score (nSPS) is 19.6. The van der Waals surface area contributed by atoms with Gasteiger partial charge in [-0.05, 0) is 30.5 Å². The molecule has 0 aliphatic carbocycles. The summed E-state index contributed by atoms with van der Waals surface area (Å²) in [6.07, 6.45) is 1.54. The van der Waals surface area contributed by atoms with E-state index in [1.54, 1.807) is 0 Å². The van der Waals surface area contributed by atoms with Crippen molar-refractivity contribution in [1.82, 2.24) is 5.32 Å². The molecule has 4 heteroatoms. The topological polar surface area (TPSA) is 64.3 Å². The van der Waals surface area contributed by atoms with E-state index in [-0.39, 0.29) is 12.0 Å². The number of nitrogen functional groups attached to an aromatic ring is 1. The number of benzene rings is 1. The molecule has 4 nitrogen and oxygen atoms in total. The number of ether oxygens (including phenoxy) is 1. The molecule has 1 saturated heterocycles. The summed E-state index contributed by atoms with van der Waals surface area (Å²) in [6, 6.07) is 7.47. The monoisotopic (exact) mass is 220 g/mol. The number of rotatable bonds is 3. The quantitative estimate of drug-likeness (QED) is 0.749. The van der Waals surface area contributed by atoms with Gasteiger partial charge in [-0.25, -0.2) is 0 Å². The second-order valence-corrected chi connectivity index (χ2v) is 3.96. The third-order valence-electron chi connectivity index (χ3n) is 2.67. The molecule has 1 aromatic rings. The Kier molecular flexibility index (Phi) is 3.41. The van der Waals surface area contributed by atoms with Crippen molar-refractivity contribution in [3.05, 3.63) is 29.8 Å². The predicted molar refractivity (Wildman–Crippen MR) is 61.7 cm³/mol. The Balaban J connectivity index is 1.82. The van der Waals surface area contributed by atoms with Gasteiger partial charge in [-0.3, -0.25) is 4.79 Å². The number of anilines is 1. The molecule has 0 bridgehead atoms. The highest BCUT2D eigenvalue weighted by molar-refractivity contribution is 5.80. The van der Waals surface area contributed by atoms with Gasteiger partial charge in [0, 0.05) is 18.8 Å². The smallest absolute Gasteiger partial charge is 0.249 e. The standard InChI is InChI=1S/C12H16N2O2/c13-10-5-3-9(4-6-10)8-14-12(15)11-2-1-7-16-11/h3-6,11H,1-2,7-8,13H2,(H,14,15). The maximum Gasteiger partial charge on any atom is 0.249 e. The lowest BCUT2D eigenvalue weighted by Crippen LogP contribution is -2.33. The average molecular weight is 220 g/mol. The first-order valence-corrected chi connectivity index (χ1v) is 5.49. The molecule has 2 rings (SSSR count). The molecule has 1 atom stereocenters. The van der Waals surface area contributed by atoms with E-state index in [9.17, 15) is 4.79 Å². The van der Waals surface area contributed by atoms with E-state index in [1.165, 1.54) is 0 Å². The molecule has 1 aliphatic heterocycles. The fraction of sp³-hybridized carbons (Fsp3) is 0.417. The Morgan fingerprint density at radius 3 is 2.81 bits per heavy atom. The fourth-order valence-electron chi connectivity index (χ4n) is 1.72. The van der Waals surface area contributed by atoms with Gasteiger partial charge in [-0.2, -0.15) is 0 Å². The second-order valence-electron chi connectivity index (χ2n) is 3.96. The molecule has 1 heterocycles. The van der Waals surface area contributed by atoms with Crippen LogP contribution in [0, 0.1) is 0 Å². The molecular formula is C12H16N2O2. The van der Waals surface area contributed by atoms with Crippen LogP contribution in [0.3, 0.4) is 0 Å². The van der Waals surface area contributed by atoms with Crippen molar-refractivity contribution in [3.63, 3.8) is 0 Å². The SMILES string of the molecule is Nc1ccc(CNC(=O)C2CCCO2)cc1. The highest BCUT2D eigenvalue weighted by Gasteiger charge is 2.22. The van der Waals surface area contributed by atoms with Gasteiger partial charge in [0.15, 0.2) is 0 Å². The fourth-order valence-corrected chi connectivity index (χ4v) is 1.72. The summed E-state index contributed by atoms with van der Waals surface area (Å²) in [5.41, 5.74) is 7.35. The number of carbonyl (C=O) groups is 1. The van der Waals surface area contributed by atoms with Crippen LogP contribution in [-0.4, -0.2) is 18.6 Å². The van der Waals surface area contributed by atoms with Crippen LogP contribution in [0.25, 0.3) is 0 Å². The maximum absolute atomic E-state index is 11.6. The van der Waals surface area contributed by atoms with Crippen LogP contribution in [0.1, 0.15) is 18.4 Å². The highest BCUT2D eigenvalue weighted by Crippen LogP contribution is 2.12. The molecule has 1 unspecified atom stereocenters. The zero-order chi connectivity index (χ0) is 11.4. The number of nitrogens with two attached hydrogens (primary N) is 1. The molecule has 3 N–H and O–H groups in total. The lowest BCUT2D eigenvalue weighted by molar-refractivity contribution is -0.130. The molecule has 0 aromatic heterocycles. The Bertz CT molecular complexity index is 356. The first-order valence-electron chi connectivity index (χ1n) is 5.49. The van der Waals surface area contributed by atoms with Crippen molar-refractivity contribution in [1.29, 1.82) is 0 Å². The first-order chi connectivity index (χ1) is 7.75. The van der Waals surface area contributed by atoms with Gasteiger partial charge >= 0.3 is 0 Å². The number of amides is 1. The van der Waals surface area contributed by atoms with Crippen molar-refractivity contribution >= 4 is 11.6 Å². The number of carbonyl (C=O) groups excluding carboxylic acids is 1. The van der Waals surface area contributed by atoms with E-state index in [2.05, 4.69) is 5.32 Å². The minimum atomic E-state index is -0.256. The van der Waals surface area contributed by atoms with Gasteiger partial charge in [0.25, 0.3) is 0 Å². The first kappa shape index (κ1) is 11.0. The minimum absolute atomic E-state index is 0.0191. The van der Waals surface area contributed by atoms with Gasteiger partial charge in [-0.15, -0.1) is 0 Å². The molecule has 0 radical (unpaired) electrons. The Morgan fingerprint density at radius 2 is 2.19 bits per heavy atom. The van der Waals surface area contributed by atoms with Crippen molar-refractivity contribution in [2.24, 2.45) is 0 Å². The summed E-state index contributed by atoms with van der Waals surface area (Å²) < 4.78 is 5.29. The van der Waals surface area contributed by atoms with Crippen LogP contribution in [0.5, 0.6) is 0 Å². The van der Waals surface area contributed by atoms with Crippen molar-refractivity contribution in [3.8, 4) is 0 Å². The van der Waals surface area contributed by atoms with E-state index >= 15 is 0 Å². The molecule has 1 fully saturated rings. The van der Waals surface area contributed by atoms with Gasteiger partial charge in [0.2, 0.25) is 5.91 Å². The zero-order valence-corrected chi connectivity index (χ0v) is 9.11. The largest absolute Gasteiger partial charge is 0.399 e. The molecule has 16 heavy (non-hydrogen) atoms. The van der Waals surface area contributed by atoms with Gasteiger partial charge in [-0.1, -0.05) is 12.1 Å². The molecule has 1 amide bonds. The van der Waals surface area contributed by atoms with Crippen LogP contribution in [-0.2, 0) is 16.1 Å². The van der Waals surface area contributed by atoms with Crippen LogP contribution >= 0.6 is 0 Å². The number of hydrogen-bond donors (Lipinski definition) is 2. The Labute approximate surface area is 94.8 Å². The maximum atomic E-state index is 11.6. The van der Waals surface area contributed by atoms with E-state index in [0.29, 0.717) is 13.2 Å². The number of nitrogens with one attached hydrogen (secondary N) is 1. The predicted octanol–water partition coefficient (Wildman–Crippen LogP) is 1.06. The van der Waals surface area contributed by atoms with E-state index in [1.807, 2.05) is 24.3 Å². The zero-order valence-electron chi connectivity index (χ0n) is 9.11. The molecular weight excluding hydrogens is 204 g/mol. The van der Waals surface area contributed by atoms with E-state index < -0.39 is 0 Å². The lowest BCUT2D eigenvalue weighted by Gasteiger charge is -2.10.